The second kappa shape index (κ2) is 7.43. The first-order chi connectivity index (χ1) is 9.25. The molecule has 0 bridgehead atoms. The molecule has 104 valence electrons. The number of nitrogens with one attached hydrogen (secondary N) is 1. The minimum absolute atomic E-state index is 0.0727. The van der Waals surface area contributed by atoms with Crippen LogP contribution in [0, 0.1) is 0 Å². The van der Waals surface area contributed by atoms with Crippen LogP contribution >= 0.6 is 11.3 Å². The lowest BCUT2D eigenvalue weighted by Gasteiger charge is -2.28. The van der Waals surface area contributed by atoms with Crippen LogP contribution in [0.4, 0.5) is 0 Å². The van der Waals surface area contributed by atoms with Crippen molar-refractivity contribution in [3.8, 4) is 0 Å². The van der Waals surface area contributed by atoms with Crippen molar-refractivity contribution in [2.75, 3.05) is 46.3 Å². The highest BCUT2D eigenvalue weighted by atomic mass is 32.1. The van der Waals surface area contributed by atoms with Gasteiger partial charge in [0.15, 0.2) is 0 Å². The normalized spacial score (nSPS) is 16.9. The summed E-state index contributed by atoms with van der Waals surface area (Å²) in [6.45, 7) is 6.00. The molecule has 2 heterocycles. The molecule has 0 spiro atoms. The van der Waals surface area contributed by atoms with Crippen LogP contribution in [0.5, 0.6) is 0 Å². The molecule has 4 nitrogen and oxygen atoms in total. The summed E-state index contributed by atoms with van der Waals surface area (Å²) in [4.78, 5) is 17.2. The summed E-state index contributed by atoms with van der Waals surface area (Å²) in [7, 11) is 1.86. The molecule has 0 aliphatic carbocycles. The minimum atomic E-state index is 0.0727. The lowest BCUT2D eigenvalue weighted by atomic mass is 10.3. The Hall–Kier alpha value is -1.17. The number of nitrogens with zero attached hydrogens (tertiary/aromatic N) is 2. The highest BCUT2D eigenvalue weighted by Gasteiger charge is 2.11. The molecule has 1 aromatic rings. The number of likely N-dealkylation sites (N-methyl/N-ethyl adjacent to an activating group) is 1. The lowest BCUT2D eigenvalue weighted by molar-refractivity contribution is -0.124. The van der Waals surface area contributed by atoms with Crippen molar-refractivity contribution >= 4 is 23.3 Å². The Labute approximate surface area is 118 Å². The average Bonchev–Trinajstić information content (AvgIpc) is 2.96. The Kier molecular flexibility index (Phi) is 5.57. The fraction of sp³-hybridized carbons (Fsp3) is 0.500. The van der Waals surface area contributed by atoms with E-state index in [1.54, 1.807) is 22.3 Å². The van der Waals surface area contributed by atoms with E-state index in [1.165, 1.54) is 0 Å². The second-order valence-corrected chi connectivity index (χ2v) is 5.68. The molecule has 2 rings (SSSR count). The standard InChI is InChI=1S/C14H21N3OS/c1-16(10-11-17-8-6-15-7-9-17)14(18)5-4-13-3-2-12-19-13/h2-5,12,15H,6-11H2,1H3/b5-4+. The molecule has 0 atom stereocenters. The third-order valence-corrected chi connectivity index (χ3v) is 4.11. The van der Waals surface area contributed by atoms with Gasteiger partial charge in [-0.2, -0.15) is 0 Å². The van der Waals surface area contributed by atoms with Crippen molar-refractivity contribution < 1.29 is 4.79 Å². The highest BCUT2D eigenvalue weighted by Crippen LogP contribution is 2.10. The predicted molar refractivity (Wildman–Crippen MR) is 80.3 cm³/mol. The van der Waals surface area contributed by atoms with E-state index in [-0.39, 0.29) is 5.91 Å². The highest BCUT2D eigenvalue weighted by molar-refractivity contribution is 7.10. The van der Waals surface area contributed by atoms with Crippen LogP contribution < -0.4 is 5.32 Å². The lowest BCUT2D eigenvalue weighted by Crippen LogP contribution is -2.46. The molecule has 1 fully saturated rings. The van der Waals surface area contributed by atoms with Gasteiger partial charge in [0.2, 0.25) is 5.91 Å². The summed E-state index contributed by atoms with van der Waals surface area (Å²) in [6.07, 6.45) is 3.54. The van der Waals surface area contributed by atoms with Gasteiger partial charge in [-0.25, -0.2) is 0 Å². The zero-order chi connectivity index (χ0) is 13.5. The van der Waals surface area contributed by atoms with Crippen LogP contribution in [0.25, 0.3) is 6.08 Å². The van der Waals surface area contributed by atoms with Gasteiger partial charge in [0.1, 0.15) is 0 Å². The molecule has 0 radical (unpaired) electrons. The summed E-state index contributed by atoms with van der Waals surface area (Å²) < 4.78 is 0. The molecule has 0 aromatic carbocycles. The smallest absolute Gasteiger partial charge is 0.246 e. The number of hydrogen-bond donors (Lipinski definition) is 1. The Morgan fingerprint density at radius 3 is 3.00 bits per heavy atom. The maximum Gasteiger partial charge on any atom is 0.246 e. The van der Waals surface area contributed by atoms with Crippen molar-refractivity contribution in [3.05, 3.63) is 28.5 Å². The molecule has 1 amide bonds. The second-order valence-electron chi connectivity index (χ2n) is 4.70. The van der Waals surface area contributed by atoms with Gasteiger partial charge in [0, 0.05) is 57.3 Å². The van der Waals surface area contributed by atoms with E-state index < -0.39 is 0 Å². The molecular formula is C14H21N3OS. The van der Waals surface area contributed by atoms with Gasteiger partial charge in [0.05, 0.1) is 0 Å². The van der Waals surface area contributed by atoms with Gasteiger partial charge in [-0.15, -0.1) is 11.3 Å². The van der Waals surface area contributed by atoms with Crippen LogP contribution in [0.3, 0.4) is 0 Å². The van der Waals surface area contributed by atoms with Gasteiger partial charge in [-0.3, -0.25) is 9.69 Å². The Morgan fingerprint density at radius 1 is 1.53 bits per heavy atom. The monoisotopic (exact) mass is 279 g/mol. The summed E-state index contributed by atoms with van der Waals surface area (Å²) >= 11 is 1.64. The van der Waals surface area contributed by atoms with Crippen LogP contribution in [0.15, 0.2) is 23.6 Å². The van der Waals surface area contributed by atoms with Gasteiger partial charge in [-0.1, -0.05) is 6.07 Å². The van der Waals surface area contributed by atoms with Gasteiger partial charge in [-0.05, 0) is 17.5 Å². The molecule has 19 heavy (non-hydrogen) atoms. The summed E-state index contributed by atoms with van der Waals surface area (Å²) in [5.74, 6) is 0.0727. The summed E-state index contributed by atoms with van der Waals surface area (Å²) in [5, 5.41) is 5.34. The fourth-order valence-electron chi connectivity index (χ4n) is 2.00. The number of thiophene rings is 1. The molecule has 5 heteroatoms. The number of piperazine rings is 1. The zero-order valence-electron chi connectivity index (χ0n) is 11.3. The van der Waals surface area contributed by atoms with Crippen LogP contribution in [0.2, 0.25) is 0 Å². The van der Waals surface area contributed by atoms with E-state index in [4.69, 9.17) is 0 Å². The molecule has 1 aliphatic rings. The number of carbonyl (C=O) groups is 1. The average molecular weight is 279 g/mol. The minimum Gasteiger partial charge on any atom is -0.341 e. The van der Waals surface area contributed by atoms with Gasteiger partial charge in [0.25, 0.3) is 0 Å². The van der Waals surface area contributed by atoms with E-state index in [2.05, 4.69) is 10.2 Å². The summed E-state index contributed by atoms with van der Waals surface area (Å²) in [5.41, 5.74) is 0. The van der Waals surface area contributed by atoms with Crippen molar-refractivity contribution in [3.63, 3.8) is 0 Å². The van der Waals surface area contributed by atoms with Crippen molar-refractivity contribution in [2.24, 2.45) is 0 Å². The molecule has 1 saturated heterocycles. The van der Waals surface area contributed by atoms with Crippen LogP contribution in [-0.4, -0.2) is 62.0 Å². The maximum absolute atomic E-state index is 11.9. The predicted octanol–water partition coefficient (Wildman–Crippen LogP) is 1.12. The Morgan fingerprint density at radius 2 is 2.32 bits per heavy atom. The Bertz CT molecular complexity index is 410. The van der Waals surface area contributed by atoms with E-state index in [0.717, 1.165) is 44.1 Å². The molecule has 1 aromatic heterocycles. The largest absolute Gasteiger partial charge is 0.341 e. The Balaban J connectivity index is 1.72. The van der Waals surface area contributed by atoms with Crippen LogP contribution in [-0.2, 0) is 4.79 Å². The number of carbonyl (C=O) groups excluding carboxylic acids is 1. The first-order valence-electron chi connectivity index (χ1n) is 6.65. The van der Waals surface area contributed by atoms with E-state index in [0.29, 0.717) is 0 Å². The van der Waals surface area contributed by atoms with Crippen LogP contribution in [0.1, 0.15) is 4.88 Å². The molecule has 0 unspecified atom stereocenters. The van der Waals surface area contributed by atoms with E-state index in [1.807, 2.05) is 30.6 Å². The topological polar surface area (TPSA) is 35.6 Å². The fourth-order valence-corrected chi connectivity index (χ4v) is 2.62. The van der Waals surface area contributed by atoms with E-state index in [9.17, 15) is 4.79 Å². The molecule has 0 saturated carbocycles. The van der Waals surface area contributed by atoms with E-state index >= 15 is 0 Å². The third-order valence-electron chi connectivity index (χ3n) is 3.27. The first-order valence-corrected chi connectivity index (χ1v) is 7.53. The number of rotatable bonds is 5. The van der Waals surface area contributed by atoms with Gasteiger partial charge < -0.3 is 10.2 Å². The quantitative estimate of drug-likeness (QED) is 0.821. The number of amides is 1. The van der Waals surface area contributed by atoms with Crippen molar-refractivity contribution in [2.45, 2.75) is 0 Å². The maximum atomic E-state index is 11.9. The SMILES string of the molecule is CN(CCN1CCNCC1)C(=O)/C=C/c1cccs1. The molecule has 1 aliphatic heterocycles. The zero-order valence-corrected chi connectivity index (χ0v) is 12.2. The molecule has 1 N–H and O–H groups in total. The van der Waals surface area contributed by atoms with Crippen molar-refractivity contribution in [1.29, 1.82) is 0 Å². The summed E-state index contributed by atoms with van der Waals surface area (Å²) in [6, 6.07) is 4.00. The first kappa shape index (κ1) is 14.2. The third kappa shape index (κ3) is 4.78. The van der Waals surface area contributed by atoms with Crippen molar-refractivity contribution in [1.82, 2.24) is 15.1 Å². The number of hydrogen-bond acceptors (Lipinski definition) is 4. The van der Waals surface area contributed by atoms with Gasteiger partial charge >= 0.3 is 0 Å². The molecular weight excluding hydrogens is 258 g/mol.